The van der Waals surface area contributed by atoms with Crippen molar-refractivity contribution in [2.75, 3.05) is 0 Å². The Hall–Kier alpha value is -3.39. The number of hydrogen-bond donors (Lipinski definition) is 2. The van der Waals surface area contributed by atoms with Crippen LogP contribution in [0.4, 0.5) is 0 Å². The van der Waals surface area contributed by atoms with Gasteiger partial charge in [-0.1, -0.05) is 29.8 Å². The molecular weight excluding hydrogens is 372 g/mol. The summed E-state index contributed by atoms with van der Waals surface area (Å²) in [5, 5.41) is 18.5. The van der Waals surface area contributed by atoms with E-state index in [0.29, 0.717) is 0 Å². The minimum Gasteiger partial charge on any atom is -0.478 e. The van der Waals surface area contributed by atoms with Crippen molar-refractivity contribution in [2.24, 2.45) is 0 Å². The average Bonchev–Trinajstić information content (AvgIpc) is 2.61. The lowest BCUT2D eigenvalue weighted by molar-refractivity contribution is 0.0695. The van der Waals surface area contributed by atoms with E-state index in [-0.39, 0.29) is 32.5 Å². The zero-order valence-electron chi connectivity index (χ0n) is 14.0. The summed E-state index contributed by atoms with van der Waals surface area (Å²) >= 11 is 0. The van der Waals surface area contributed by atoms with Crippen molar-refractivity contribution in [1.82, 2.24) is 0 Å². The fourth-order valence-electron chi connectivity index (χ4n) is 2.72. The summed E-state index contributed by atoms with van der Waals surface area (Å²) in [7, 11) is -4.32. The van der Waals surface area contributed by atoms with E-state index in [9.17, 15) is 28.2 Å². The van der Waals surface area contributed by atoms with Crippen LogP contribution in [0.3, 0.4) is 0 Å². The van der Waals surface area contributed by atoms with Crippen molar-refractivity contribution in [3.8, 4) is 5.75 Å². The number of carbonyl (C=O) groups is 2. The zero-order valence-corrected chi connectivity index (χ0v) is 14.9. The Morgan fingerprint density at radius 1 is 0.852 bits per heavy atom. The summed E-state index contributed by atoms with van der Waals surface area (Å²) in [6.07, 6.45) is 0. The van der Waals surface area contributed by atoms with Crippen molar-refractivity contribution >= 4 is 32.8 Å². The molecule has 3 rings (SSSR count). The molecule has 0 radical (unpaired) electrons. The largest absolute Gasteiger partial charge is 0.478 e. The van der Waals surface area contributed by atoms with Crippen LogP contribution < -0.4 is 4.18 Å². The summed E-state index contributed by atoms with van der Waals surface area (Å²) in [5.41, 5.74) is 0.302. The van der Waals surface area contributed by atoms with Crippen LogP contribution in [0, 0.1) is 6.92 Å². The summed E-state index contributed by atoms with van der Waals surface area (Å²) in [5.74, 6) is -2.64. The summed E-state index contributed by atoms with van der Waals surface area (Å²) in [6, 6.07) is 12.4. The molecule has 0 fully saturated rings. The van der Waals surface area contributed by atoms with E-state index in [4.69, 9.17) is 4.18 Å². The van der Waals surface area contributed by atoms with Crippen LogP contribution in [0.5, 0.6) is 5.75 Å². The highest BCUT2D eigenvalue weighted by Gasteiger charge is 2.25. The summed E-state index contributed by atoms with van der Waals surface area (Å²) in [4.78, 5) is 22.7. The molecule has 7 nitrogen and oxygen atoms in total. The monoisotopic (exact) mass is 386 g/mol. The first-order valence-electron chi connectivity index (χ1n) is 7.74. The van der Waals surface area contributed by atoms with Crippen LogP contribution in [-0.4, -0.2) is 30.6 Å². The predicted octanol–water partition coefficient (Wildman–Crippen LogP) is 3.31. The molecule has 0 saturated carbocycles. The van der Waals surface area contributed by atoms with Gasteiger partial charge in [-0.05, 0) is 37.3 Å². The van der Waals surface area contributed by atoms with E-state index < -0.39 is 22.1 Å². The lowest BCUT2D eigenvalue weighted by Gasteiger charge is -2.12. The molecule has 3 aromatic carbocycles. The highest BCUT2D eigenvalue weighted by atomic mass is 32.2. The van der Waals surface area contributed by atoms with Crippen molar-refractivity contribution < 1.29 is 32.4 Å². The smallest absolute Gasteiger partial charge is 0.339 e. The van der Waals surface area contributed by atoms with Crippen LogP contribution in [0.2, 0.25) is 0 Å². The van der Waals surface area contributed by atoms with Crippen molar-refractivity contribution in [3.05, 3.63) is 71.3 Å². The first-order chi connectivity index (χ1) is 12.7. The van der Waals surface area contributed by atoms with Gasteiger partial charge >= 0.3 is 22.1 Å². The molecule has 2 N–H and O–H groups in total. The molecule has 27 heavy (non-hydrogen) atoms. The molecule has 0 aliphatic carbocycles. The Balaban J connectivity index is 2.24. The second kappa shape index (κ2) is 6.73. The van der Waals surface area contributed by atoms with Gasteiger partial charge in [0.2, 0.25) is 0 Å². The number of benzene rings is 3. The fraction of sp³-hybridized carbons (Fsp3) is 0.0526. The number of aryl methyl sites for hydroxylation is 1. The third-order valence-electron chi connectivity index (χ3n) is 3.96. The van der Waals surface area contributed by atoms with Gasteiger partial charge in [0.05, 0.1) is 11.1 Å². The van der Waals surface area contributed by atoms with Crippen molar-refractivity contribution in [3.63, 3.8) is 0 Å². The third-order valence-corrected chi connectivity index (χ3v) is 5.26. The lowest BCUT2D eigenvalue weighted by Crippen LogP contribution is -2.12. The number of fused-ring (bicyclic) bond motifs is 1. The molecule has 0 aliphatic heterocycles. The first-order valence-corrected chi connectivity index (χ1v) is 9.15. The Bertz CT molecular complexity index is 1140. The first kappa shape index (κ1) is 18.4. The Morgan fingerprint density at radius 3 is 2.04 bits per heavy atom. The number of carboxylic acids is 2. The van der Waals surface area contributed by atoms with Gasteiger partial charge in [0, 0.05) is 10.8 Å². The summed E-state index contributed by atoms with van der Waals surface area (Å²) in [6.45, 7) is 1.84. The minimum atomic E-state index is -4.32. The molecule has 0 bridgehead atoms. The molecule has 0 heterocycles. The van der Waals surface area contributed by atoms with Gasteiger partial charge in [0.1, 0.15) is 10.6 Å². The van der Waals surface area contributed by atoms with E-state index in [2.05, 4.69) is 0 Å². The Labute approximate surface area is 154 Å². The van der Waals surface area contributed by atoms with Gasteiger partial charge in [-0.15, -0.1) is 0 Å². The van der Waals surface area contributed by atoms with Gasteiger partial charge in [-0.3, -0.25) is 0 Å². The fourth-order valence-corrected chi connectivity index (χ4v) is 3.85. The molecular formula is C19H14O7S. The second-order valence-corrected chi connectivity index (χ2v) is 7.31. The lowest BCUT2D eigenvalue weighted by atomic mass is 9.99. The third kappa shape index (κ3) is 3.47. The standard InChI is InChI=1S/C19H14O7S/c1-11-5-7-12(8-6-11)26-27(24,25)16-10-9-15(19(22)23)17-13(16)3-2-4-14(17)18(20)21/h2-10H,1H3,(H,20,21)(H,22,23). The molecule has 8 heteroatoms. The van der Waals surface area contributed by atoms with Gasteiger partial charge in [0.15, 0.2) is 0 Å². The van der Waals surface area contributed by atoms with E-state index >= 15 is 0 Å². The Kier molecular flexibility index (Phi) is 4.59. The van der Waals surface area contributed by atoms with Gasteiger partial charge in [0.25, 0.3) is 0 Å². The maximum Gasteiger partial charge on any atom is 0.339 e. The molecule has 3 aromatic rings. The maximum atomic E-state index is 12.7. The van der Waals surface area contributed by atoms with Gasteiger partial charge < -0.3 is 14.4 Å². The second-order valence-electron chi connectivity index (χ2n) is 5.80. The van der Waals surface area contributed by atoms with E-state index in [0.717, 1.165) is 17.7 Å². The van der Waals surface area contributed by atoms with Gasteiger partial charge in [-0.2, -0.15) is 8.42 Å². The average molecular weight is 386 g/mol. The highest BCUT2D eigenvalue weighted by molar-refractivity contribution is 7.87. The quantitative estimate of drug-likeness (QED) is 0.646. The molecule has 0 aliphatic rings. The number of aromatic carboxylic acids is 2. The van der Waals surface area contributed by atoms with Crippen LogP contribution in [-0.2, 0) is 10.1 Å². The predicted molar refractivity (Wildman–Crippen MR) is 96.9 cm³/mol. The normalized spacial score (nSPS) is 11.3. The van der Waals surface area contributed by atoms with Crippen molar-refractivity contribution in [1.29, 1.82) is 0 Å². The van der Waals surface area contributed by atoms with Crippen LogP contribution in [0.15, 0.2) is 59.5 Å². The number of hydrogen-bond acceptors (Lipinski definition) is 5. The molecule has 0 spiro atoms. The summed E-state index contributed by atoms with van der Waals surface area (Å²) < 4.78 is 30.6. The van der Waals surface area contributed by atoms with Crippen molar-refractivity contribution in [2.45, 2.75) is 11.8 Å². The number of carboxylic acid groups (broad SMARTS) is 2. The zero-order chi connectivity index (χ0) is 19.8. The van der Waals surface area contributed by atoms with Crippen LogP contribution in [0.1, 0.15) is 26.3 Å². The van der Waals surface area contributed by atoms with E-state index in [1.54, 1.807) is 12.1 Å². The molecule has 0 saturated heterocycles. The molecule has 0 unspecified atom stereocenters. The van der Waals surface area contributed by atoms with Gasteiger partial charge in [-0.25, -0.2) is 9.59 Å². The van der Waals surface area contributed by atoms with Crippen LogP contribution >= 0.6 is 0 Å². The highest BCUT2D eigenvalue weighted by Crippen LogP contribution is 2.31. The number of rotatable bonds is 5. The minimum absolute atomic E-state index is 0.0399. The SMILES string of the molecule is Cc1ccc(OS(=O)(=O)c2ccc(C(=O)O)c3c(C(=O)O)cccc23)cc1. The molecule has 0 amide bonds. The molecule has 0 aromatic heterocycles. The molecule has 138 valence electrons. The van der Waals surface area contributed by atoms with Crippen LogP contribution in [0.25, 0.3) is 10.8 Å². The molecule has 0 atom stereocenters. The van der Waals surface area contributed by atoms with E-state index in [1.165, 1.54) is 30.3 Å². The van der Waals surface area contributed by atoms with E-state index in [1.807, 2.05) is 6.92 Å². The Morgan fingerprint density at radius 2 is 1.44 bits per heavy atom. The maximum absolute atomic E-state index is 12.7. The topological polar surface area (TPSA) is 118 Å².